The van der Waals surface area contributed by atoms with Crippen LogP contribution in [0.3, 0.4) is 0 Å². The van der Waals surface area contributed by atoms with Crippen LogP contribution < -0.4 is 0 Å². The summed E-state index contributed by atoms with van der Waals surface area (Å²) in [6, 6.07) is 0. The molecule has 2 unspecified atom stereocenters. The maximum atomic E-state index is 11.9. The Bertz CT molecular complexity index is 658. The molecular weight excluding hydrogens is 376 g/mol. The average molecular weight is 398 g/mol. The first-order chi connectivity index (χ1) is 13.2. The summed E-state index contributed by atoms with van der Waals surface area (Å²) in [5.41, 5.74) is 0. The smallest absolute Gasteiger partial charge is 0.336 e. The van der Waals surface area contributed by atoms with Crippen molar-refractivity contribution in [2.45, 2.75) is 58.5 Å². The van der Waals surface area contributed by atoms with Crippen molar-refractivity contribution < 1.29 is 43.2 Å². The lowest BCUT2D eigenvalue weighted by Gasteiger charge is -2.18. The van der Waals surface area contributed by atoms with Gasteiger partial charge in [-0.1, -0.05) is 6.92 Å². The van der Waals surface area contributed by atoms with Crippen molar-refractivity contribution in [1.29, 1.82) is 0 Å². The van der Waals surface area contributed by atoms with Crippen molar-refractivity contribution in [2.24, 2.45) is 5.92 Å². The van der Waals surface area contributed by atoms with Gasteiger partial charge in [-0.2, -0.15) is 0 Å². The zero-order valence-corrected chi connectivity index (χ0v) is 15.7. The lowest BCUT2D eigenvalue weighted by molar-refractivity contribution is -0.201. The summed E-state index contributed by atoms with van der Waals surface area (Å²) < 4.78 is 5.42. The van der Waals surface area contributed by atoms with Gasteiger partial charge in [0.2, 0.25) is 0 Å². The number of carbonyl (C=O) groups is 6. The second-order valence-electron chi connectivity index (χ2n) is 6.61. The molecule has 2 heterocycles. The van der Waals surface area contributed by atoms with Crippen molar-refractivity contribution in [3.05, 3.63) is 0 Å². The number of rotatable bonds is 9. The Labute approximate surface area is 160 Å². The second kappa shape index (κ2) is 9.40. The second-order valence-corrected chi connectivity index (χ2v) is 6.61. The molecular formula is C17H22N2O9. The molecule has 11 heteroatoms. The third-order valence-electron chi connectivity index (χ3n) is 4.20. The molecule has 11 nitrogen and oxygen atoms in total. The van der Waals surface area contributed by atoms with Gasteiger partial charge in [-0.3, -0.25) is 19.2 Å². The van der Waals surface area contributed by atoms with Gasteiger partial charge in [-0.25, -0.2) is 9.59 Å². The van der Waals surface area contributed by atoms with Crippen LogP contribution in [-0.4, -0.2) is 58.4 Å². The van der Waals surface area contributed by atoms with E-state index < -0.39 is 47.6 Å². The number of imide groups is 2. The summed E-state index contributed by atoms with van der Waals surface area (Å²) in [6.45, 7) is 3.26. The molecule has 4 amide bonds. The molecule has 0 N–H and O–H groups in total. The molecule has 0 aromatic heterocycles. The minimum atomic E-state index is -0.783. The molecule has 2 fully saturated rings. The van der Waals surface area contributed by atoms with Crippen LogP contribution in [0.5, 0.6) is 0 Å². The third-order valence-corrected chi connectivity index (χ3v) is 4.20. The van der Waals surface area contributed by atoms with E-state index in [0.29, 0.717) is 10.1 Å². The number of nitrogens with zero attached hydrogens (tertiary/aromatic N) is 2. The first-order valence-corrected chi connectivity index (χ1v) is 8.94. The number of hydrogen-bond donors (Lipinski definition) is 0. The molecule has 154 valence electrons. The molecule has 2 saturated heterocycles. The highest BCUT2D eigenvalue weighted by atomic mass is 16.7. The maximum absolute atomic E-state index is 11.9. The highest BCUT2D eigenvalue weighted by Gasteiger charge is 2.34. The highest BCUT2D eigenvalue weighted by Crippen LogP contribution is 2.16. The van der Waals surface area contributed by atoms with E-state index in [-0.39, 0.29) is 45.1 Å². The van der Waals surface area contributed by atoms with Gasteiger partial charge in [0.05, 0.1) is 18.4 Å². The van der Waals surface area contributed by atoms with E-state index in [0.717, 1.165) is 0 Å². The first-order valence-electron chi connectivity index (χ1n) is 8.94. The van der Waals surface area contributed by atoms with Crippen molar-refractivity contribution in [2.75, 3.05) is 6.61 Å². The number of hydrogen-bond acceptors (Lipinski definition) is 9. The first kappa shape index (κ1) is 21.5. The normalized spacial score (nSPS) is 19.2. The predicted molar refractivity (Wildman–Crippen MR) is 88.2 cm³/mol. The van der Waals surface area contributed by atoms with Crippen LogP contribution in [-0.2, 0) is 43.2 Å². The van der Waals surface area contributed by atoms with E-state index in [4.69, 9.17) is 14.4 Å². The van der Waals surface area contributed by atoms with Crippen LogP contribution in [0, 0.1) is 5.92 Å². The molecule has 2 aliphatic rings. The van der Waals surface area contributed by atoms with E-state index in [1.165, 1.54) is 0 Å². The maximum Gasteiger partial charge on any atom is 0.336 e. The van der Waals surface area contributed by atoms with E-state index in [1.807, 2.05) is 0 Å². The van der Waals surface area contributed by atoms with Crippen LogP contribution in [0.1, 0.15) is 52.4 Å². The van der Waals surface area contributed by atoms with Gasteiger partial charge >= 0.3 is 11.9 Å². The number of carbonyl (C=O) groups excluding carboxylic acids is 6. The van der Waals surface area contributed by atoms with Gasteiger partial charge in [0, 0.05) is 32.3 Å². The topological polar surface area (TPSA) is 137 Å². The Morgan fingerprint density at radius 1 is 0.857 bits per heavy atom. The molecule has 0 aromatic rings. The van der Waals surface area contributed by atoms with Crippen molar-refractivity contribution >= 4 is 35.6 Å². The third kappa shape index (κ3) is 5.59. The zero-order valence-electron chi connectivity index (χ0n) is 15.7. The van der Waals surface area contributed by atoms with E-state index in [2.05, 4.69) is 0 Å². The standard InChI is InChI=1S/C17H22N2O9/c1-10(17(25)28-19-14(22)5-6-15(19)23)7-8-26-11(2)9-16(24)27-18-12(20)3-4-13(18)21/h10-11H,3-9H2,1-2H3. The Morgan fingerprint density at radius 2 is 1.32 bits per heavy atom. The fourth-order valence-electron chi connectivity index (χ4n) is 2.49. The lowest BCUT2D eigenvalue weighted by Crippen LogP contribution is -2.34. The van der Waals surface area contributed by atoms with E-state index >= 15 is 0 Å². The number of ether oxygens (including phenoxy) is 1. The van der Waals surface area contributed by atoms with Gasteiger partial charge in [0.1, 0.15) is 0 Å². The largest absolute Gasteiger partial charge is 0.378 e. The van der Waals surface area contributed by atoms with Crippen LogP contribution in [0.15, 0.2) is 0 Å². The Morgan fingerprint density at radius 3 is 1.82 bits per heavy atom. The number of amides is 4. The van der Waals surface area contributed by atoms with E-state index in [1.54, 1.807) is 13.8 Å². The fourth-order valence-corrected chi connectivity index (χ4v) is 2.49. The van der Waals surface area contributed by atoms with Crippen molar-refractivity contribution in [3.63, 3.8) is 0 Å². The van der Waals surface area contributed by atoms with Gasteiger partial charge in [0.15, 0.2) is 0 Å². The summed E-state index contributed by atoms with van der Waals surface area (Å²) >= 11 is 0. The summed E-state index contributed by atoms with van der Waals surface area (Å²) in [5.74, 6) is -4.38. The van der Waals surface area contributed by atoms with Crippen LogP contribution in [0.25, 0.3) is 0 Å². The van der Waals surface area contributed by atoms with Gasteiger partial charge in [-0.15, -0.1) is 10.1 Å². The van der Waals surface area contributed by atoms with Crippen LogP contribution in [0.2, 0.25) is 0 Å². The quantitative estimate of drug-likeness (QED) is 0.492. The molecule has 0 radical (unpaired) electrons. The minimum Gasteiger partial charge on any atom is -0.378 e. The minimum absolute atomic E-state index is 0.0147. The predicted octanol–water partition coefficient (Wildman–Crippen LogP) is 0.0222. The molecule has 2 atom stereocenters. The van der Waals surface area contributed by atoms with E-state index in [9.17, 15) is 28.8 Å². The molecule has 0 spiro atoms. The lowest BCUT2D eigenvalue weighted by atomic mass is 10.1. The van der Waals surface area contributed by atoms with Crippen LogP contribution in [0.4, 0.5) is 0 Å². The van der Waals surface area contributed by atoms with Gasteiger partial charge < -0.3 is 14.4 Å². The fraction of sp³-hybridized carbons (Fsp3) is 0.647. The van der Waals surface area contributed by atoms with Crippen LogP contribution >= 0.6 is 0 Å². The molecule has 0 saturated carbocycles. The molecule has 2 rings (SSSR count). The average Bonchev–Trinajstić information content (AvgIpc) is 3.11. The van der Waals surface area contributed by atoms with Gasteiger partial charge in [0.25, 0.3) is 23.6 Å². The number of hydroxylamine groups is 4. The van der Waals surface area contributed by atoms with Gasteiger partial charge in [-0.05, 0) is 13.3 Å². The molecule has 0 aliphatic carbocycles. The monoisotopic (exact) mass is 398 g/mol. The summed E-state index contributed by atoms with van der Waals surface area (Å²) in [4.78, 5) is 78.9. The molecule has 2 aliphatic heterocycles. The van der Waals surface area contributed by atoms with Crippen molar-refractivity contribution in [1.82, 2.24) is 10.1 Å². The Hall–Kier alpha value is -2.82. The molecule has 0 bridgehead atoms. The SMILES string of the molecule is CC(CC(=O)ON1C(=O)CCC1=O)OCCC(C)C(=O)ON1C(=O)CCC1=O. The summed E-state index contributed by atoms with van der Waals surface area (Å²) in [5, 5.41) is 0.952. The Kier molecular flexibility index (Phi) is 7.21. The zero-order chi connectivity index (χ0) is 20.8. The Balaban J connectivity index is 1.66. The molecule has 28 heavy (non-hydrogen) atoms. The summed E-state index contributed by atoms with van der Waals surface area (Å²) in [6.07, 6.45) is -0.464. The summed E-state index contributed by atoms with van der Waals surface area (Å²) in [7, 11) is 0. The molecule has 0 aromatic carbocycles. The highest BCUT2D eigenvalue weighted by molar-refractivity contribution is 6.02. The van der Waals surface area contributed by atoms with Crippen molar-refractivity contribution in [3.8, 4) is 0 Å².